The second kappa shape index (κ2) is 6.14. The highest BCUT2D eigenvalue weighted by atomic mass is 16.7. The lowest BCUT2D eigenvalue weighted by molar-refractivity contribution is -0.385. The summed E-state index contributed by atoms with van der Waals surface area (Å²) in [4.78, 5) is 22.3. The van der Waals surface area contributed by atoms with Gasteiger partial charge in [-0.1, -0.05) is 12.1 Å². The lowest BCUT2D eigenvalue weighted by atomic mass is 10.2. The summed E-state index contributed by atoms with van der Waals surface area (Å²) in [6.45, 7) is 0.171. The highest BCUT2D eigenvalue weighted by molar-refractivity contribution is 5.98. The Kier molecular flexibility index (Phi) is 3.88. The van der Waals surface area contributed by atoms with Crippen molar-refractivity contribution < 1.29 is 19.2 Å². The molecule has 2 aromatic rings. The molecule has 0 radical (unpaired) electrons. The fourth-order valence-corrected chi connectivity index (χ4v) is 2.04. The van der Waals surface area contributed by atoms with E-state index in [0.29, 0.717) is 17.1 Å². The molecule has 0 saturated heterocycles. The Labute approximate surface area is 130 Å². The summed E-state index contributed by atoms with van der Waals surface area (Å²) in [6.07, 6.45) is 1.41. The minimum atomic E-state index is -0.658. The van der Waals surface area contributed by atoms with Crippen molar-refractivity contribution in [3.05, 3.63) is 63.7 Å². The molecule has 1 N–H and O–H groups in total. The van der Waals surface area contributed by atoms with E-state index in [-0.39, 0.29) is 18.0 Å². The predicted octanol–water partition coefficient (Wildman–Crippen LogP) is 2.09. The minimum Gasteiger partial charge on any atom is -0.454 e. The van der Waals surface area contributed by atoms with Gasteiger partial charge in [-0.05, 0) is 29.8 Å². The maximum Gasteiger partial charge on any atom is 0.282 e. The molecule has 0 saturated carbocycles. The monoisotopic (exact) mass is 313 g/mol. The predicted molar refractivity (Wildman–Crippen MR) is 80.7 cm³/mol. The molecule has 0 fully saturated rings. The van der Waals surface area contributed by atoms with Crippen molar-refractivity contribution in [3.8, 4) is 11.5 Å². The summed E-state index contributed by atoms with van der Waals surface area (Å²) in [6, 6.07) is 10.8. The van der Waals surface area contributed by atoms with Gasteiger partial charge in [0.2, 0.25) is 6.79 Å². The van der Waals surface area contributed by atoms with Gasteiger partial charge in [0, 0.05) is 6.07 Å². The molecule has 2 aromatic carbocycles. The van der Waals surface area contributed by atoms with Gasteiger partial charge in [0.15, 0.2) is 11.5 Å². The van der Waals surface area contributed by atoms with Crippen LogP contribution >= 0.6 is 0 Å². The molecule has 0 aromatic heterocycles. The van der Waals surface area contributed by atoms with Crippen molar-refractivity contribution in [1.82, 2.24) is 5.43 Å². The van der Waals surface area contributed by atoms with Gasteiger partial charge in [0.05, 0.1) is 11.1 Å². The number of hydrogen-bond donors (Lipinski definition) is 1. The molecule has 1 aliphatic heterocycles. The molecule has 1 amide bonds. The van der Waals surface area contributed by atoms with Crippen molar-refractivity contribution in [2.24, 2.45) is 5.10 Å². The van der Waals surface area contributed by atoms with E-state index >= 15 is 0 Å². The summed E-state index contributed by atoms with van der Waals surface area (Å²) < 4.78 is 10.4. The molecule has 8 nitrogen and oxygen atoms in total. The number of nitrogens with one attached hydrogen (secondary N) is 1. The van der Waals surface area contributed by atoms with Gasteiger partial charge in [-0.3, -0.25) is 14.9 Å². The molecule has 3 rings (SSSR count). The highest BCUT2D eigenvalue weighted by Gasteiger charge is 2.18. The number of ether oxygens (including phenoxy) is 2. The van der Waals surface area contributed by atoms with Crippen LogP contribution in [0.5, 0.6) is 11.5 Å². The topological polar surface area (TPSA) is 103 Å². The number of para-hydroxylation sites is 1. The molecular formula is C15H11N3O5. The first-order valence-electron chi connectivity index (χ1n) is 6.61. The first-order chi connectivity index (χ1) is 11.1. The Hall–Kier alpha value is -3.42. The van der Waals surface area contributed by atoms with Crippen molar-refractivity contribution in [2.75, 3.05) is 6.79 Å². The number of fused-ring (bicyclic) bond motifs is 1. The van der Waals surface area contributed by atoms with Crippen LogP contribution in [0.1, 0.15) is 15.9 Å². The fourth-order valence-electron chi connectivity index (χ4n) is 2.04. The Bertz CT molecular complexity index is 803. The minimum absolute atomic E-state index is 0.0552. The molecule has 0 spiro atoms. The lowest BCUT2D eigenvalue weighted by Gasteiger charge is -2.01. The van der Waals surface area contributed by atoms with E-state index in [2.05, 4.69) is 10.5 Å². The SMILES string of the molecule is O=C(N/N=C\c1ccc2c(c1)OCO2)c1ccccc1[N+](=O)[O-]. The summed E-state index contributed by atoms with van der Waals surface area (Å²) >= 11 is 0. The molecule has 116 valence electrons. The summed E-state index contributed by atoms with van der Waals surface area (Å²) in [7, 11) is 0. The highest BCUT2D eigenvalue weighted by Crippen LogP contribution is 2.31. The zero-order valence-corrected chi connectivity index (χ0v) is 11.8. The van der Waals surface area contributed by atoms with Crippen LogP contribution in [-0.2, 0) is 0 Å². The van der Waals surface area contributed by atoms with Crippen molar-refractivity contribution in [1.29, 1.82) is 0 Å². The van der Waals surface area contributed by atoms with Crippen LogP contribution in [0.15, 0.2) is 47.6 Å². The van der Waals surface area contributed by atoms with E-state index in [1.165, 1.54) is 24.4 Å². The van der Waals surface area contributed by atoms with E-state index in [0.717, 1.165) is 0 Å². The molecule has 0 atom stereocenters. The second-order valence-electron chi connectivity index (χ2n) is 4.59. The third kappa shape index (κ3) is 3.10. The van der Waals surface area contributed by atoms with Crippen LogP contribution in [0.4, 0.5) is 5.69 Å². The number of carbonyl (C=O) groups excluding carboxylic acids is 1. The Morgan fingerprint density at radius 2 is 2.00 bits per heavy atom. The van der Waals surface area contributed by atoms with E-state index in [1.807, 2.05) is 0 Å². The van der Waals surface area contributed by atoms with Gasteiger partial charge in [-0.2, -0.15) is 5.10 Å². The quantitative estimate of drug-likeness (QED) is 0.529. The molecule has 1 heterocycles. The zero-order valence-electron chi connectivity index (χ0n) is 11.8. The number of rotatable bonds is 4. The van der Waals surface area contributed by atoms with Crippen LogP contribution in [0.3, 0.4) is 0 Å². The number of hydrazone groups is 1. The first-order valence-corrected chi connectivity index (χ1v) is 6.61. The van der Waals surface area contributed by atoms with Crippen LogP contribution in [0.25, 0.3) is 0 Å². The van der Waals surface area contributed by atoms with Gasteiger partial charge in [0.25, 0.3) is 11.6 Å². The third-order valence-corrected chi connectivity index (χ3v) is 3.12. The third-order valence-electron chi connectivity index (χ3n) is 3.12. The first kappa shape index (κ1) is 14.5. The number of nitro groups is 1. The Morgan fingerprint density at radius 3 is 2.83 bits per heavy atom. The molecule has 1 aliphatic rings. The van der Waals surface area contributed by atoms with Crippen LogP contribution in [0.2, 0.25) is 0 Å². The number of nitrogens with zero attached hydrogens (tertiary/aromatic N) is 2. The molecule has 8 heteroatoms. The van der Waals surface area contributed by atoms with Crippen molar-refractivity contribution in [3.63, 3.8) is 0 Å². The number of carbonyl (C=O) groups is 1. The molecule has 23 heavy (non-hydrogen) atoms. The van der Waals surface area contributed by atoms with Crippen molar-refractivity contribution in [2.45, 2.75) is 0 Å². The number of nitro benzene ring substituents is 1. The smallest absolute Gasteiger partial charge is 0.282 e. The average molecular weight is 313 g/mol. The standard InChI is InChI=1S/C15H11N3O5/c19-15(11-3-1-2-4-12(11)18(20)21)17-16-8-10-5-6-13-14(7-10)23-9-22-13/h1-8H,9H2,(H,17,19)/b16-8-. The molecule has 0 bridgehead atoms. The fraction of sp³-hybridized carbons (Fsp3) is 0.0667. The lowest BCUT2D eigenvalue weighted by Crippen LogP contribution is -2.18. The largest absolute Gasteiger partial charge is 0.454 e. The van der Waals surface area contributed by atoms with Gasteiger partial charge >= 0.3 is 0 Å². The van der Waals surface area contributed by atoms with E-state index in [1.54, 1.807) is 24.3 Å². The zero-order chi connectivity index (χ0) is 16.2. The molecular weight excluding hydrogens is 302 g/mol. The van der Waals surface area contributed by atoms with E-state index in [4.69, 9.17) is 9.47 Å². The summed E-state index contributed by atoms with van der Waals surface area (Å²) in [5.41, 5.74) is 2.63. The summed E-state index contributed by atoms with van der Waals surface area (Å²) in [5.74, 6) is 0.583. The summed E-state index contributed by atoms with van der Waals surface area (Å²) in [5, 5.41) is 14.7. The maximum absolute atomic E-state index is 12.0. The molecule has 0 unspecified atom stereocenters. The normalized spacial score (nSPS) is 12.3. The van der Waals surface area contributed by atoms with Crippen LogP contribution < -0.4 is 14.9 Å². The van der Waals surface area contributed by atoms with Crippen molar-refractivity contribution >= 4 is 17.8 Å². The van der Waals surface area contributed by atoms with Gasteiger partial charge in [-0.25, -0.2) is 5.43 Å². The van der Waals surface area contributed by atoms with Crippen LogP contribution in [-0.4, -0.2) is 23.8 Å². The maximum atomic E-state index is 12.0. The Balaban J connectivity index is 1.71. The number of hydrogen-bond acceptors (Lipinski definition) is 6. The number of benzene rings is 2. The molecule has 0 aliphatic carbocycles. The van der Waals surface area contributed by atoms with E-state index in [9.17, 15) is 14.9 Å². The van der Waals surface area contributed by atoms with Gasteiger partial charge in [-0.15, -0.1) is 0 Å². The Morgan fingerprint density at radius 1 is 1.22 bits per heavy atom. The van der Waals surface area contributed by atoms with E-state index < -0.39 is 10.8 Å². The second-order valence-corrected chi connectivity index (χ2v) is 4.59. The van der Waals surface area contributed by atoms with Gasteiger partial charge in [0.1, 0.15) is 5.56 Å². The average Bonchev–Trinajstić information content (AvgIpc) is 3.02. The van der Waals surface area contributed by atoms with Crippen LogP contribution in [0, 0.1) is 10.1 Å². The van der Waals surface area contributed by atoms with Gasteiger partial charge < -0.3 is 9.47 Å². The number of amides is 1.